The van der Waals surface area contributed by atoms with Crippen LogP contribution in [0.4, 0.5) is 0 Å². The minimum atomic E-state index is 0.0770. The van der Waals surface area contributed by atoms with Crippen molar-refractivity contribution in [3.63, 3.8) is 0 Å². The van der Waals surface area contributed by atoms with Crippen LogP contribution in [0.25, 0.3) is 0 Å². The number of carbonyl (C=O) groups is 1. The maximum Gasteiger partial charge on any atom is 0.233 e. The third kappa shape index (κ3) is 7.33. The zero-order chi connectivity index (χ0) is 8.69. The molecule has 0 bridgehead atoms. The summed E-state index contributed by atoms with van der Waals surface area (Å²) in [6.07, 6.45) is 1.05. The topological polar surface area (TPSA) is 41.1 Å². The van der Waals surface area contributed by atoms with Gasteiger partial charge in [-0.05, 0) is 19.4 Å². The van der Waals surface area contributed by atoms with E-state index in [4.69, 9.17) is 0 Å². The molecule has 2 N–H and O–H groups in total. The van der Waals surface area contributed by atoms with Gasteiger partial charge in [0.05, 0.1) is 6.54 Å². The number of hydrogen-bond donors (Lipinski definition) is 2. The molecule has 0 radical (unpaired) electrons. The number of hydrogen-bond acceptors (Lipinski definition) is 2. The molecule has 0 aromatic rings. The fourth-order valence-electron chi connectivity index (χ4n) is 0.723. The summed E-state index contributed by atoms with van der Waals surface area (Å²) >= 11 is 0. The third-order valence-electron chi connectivity index (χ3n) is 1.38. The van der Waals surface area contributed by atoms with Gasteiger partial charge >= 0.3 is 0 Å². The average molecular weight is 158 g/mol. The van der Waals surface area contributed by atoms with Crippen molar-refractivity contribution in [1.82, 2.24) is 10.6 Å². The number of amides is 1. The Morgan fingerprint density at radius 1 is 1.45 bits per heavy atom. The van der Waals surface area contributed by atoms with E-state index in [1.807, 2.05) is 0 Å². The zero-order valence-electron chi connectivity index (χ0n) is 7.61. The highest BCUT2D eigenvalue weighted by Crippen LogP contribution is 1.95. The summed E-state index contributed by atoms with van der Waals surface area (Å²) < 4.78 is 0. The van der Waals surface area contributed by atoms with Crippen LogP contribution in [0.15, 0.2) is 0 Å². The van der Waals surface area contributed by atoms with E-state index in [0.717, 1.165) is 13.0 Å². The van der Waals surface area contributed by atoms with Crippen LogP contribution in [-0.2, 0) is 4.79 Å². The van der Waals surface area contributed by atoms with Gasteiger partial charge in [0.25, 0.3) is 0 Å². The Bertz CT molecular complexity index is 113. The number of likely N-dealkylation sites (N-methyl/N-ethyl adjacent to an activating group) is 1. The Labute approximate surface area is 68.6 Å². The Balaban J connectivity index is 3.17. The molecular weight excluding hydrogens is 140 g/mol. The first-order valence-corrected chi connectivity index (χ1v) is 4.08. The van der Waals surface area contributed by atoms with E-state index in [9.17, 15) is 4.79 Å². The first-order chi connectivity index (χ1) is 5.16. The molecule has 0 saturated carbocycles. The predicted octanol–water partition coefficient (Wildman–Crippen LogP) is 0.368. The molecule has 3 heteroatoms. The van der Waals surface area contributed by atoms with Gasteiger partial charge < -0.3 is 10.6 Å². The summed E-state index contributed by atoms with van der Waals surface area (Å²) in [6.45, 7) is 5.49. The SMILES string of the molecule is CNCC(=O)NCCC(C)C. The highest BCUT2D eigenvalue weighted by Gasteiger charge is 1.98. The molecule has 0 heterocycles. The molecule has 66 valence electrons. The van der Waals surface area contributed by atoms with Crippen molar-refractivity contribution < 1.29 is 4.79 Å². The van der Waals surface area contributed by atoms with E-state index in [2.05, 4.69) is 24.5 Å². The van der Waals surface area contributed by atoms with Crippen molar-refractivity contribution in [3.05, 3.63) is 0 Å². The molecule has 3 nitrogen and oxygen atoms in total. The van der Waals surface area contributed by atoms with Crippen LogP contribution in [0.3, 0.4) is 0 Å². The lowest BCUT2D eigenvalue weighted by molar-refractivity contribution is -0.120. The molecule has 0 spiro atoms. The molecule has 0 aromatic heterocycles. The number of nitrogens with one attached hydrogen (secondary N) is 2. The van der Waals surface area contributed by atoms with Crippen molar-refractivity contribution in [1.29, 1.82) is 0 Å². The largest absolute Gasteiger partial charge is 0.355 e. The third-order valence-corrected chi connectivity index (χ3v) is 1.38. The van der Waals surface area contributed by atoms with Gasteiger partial charge in [0.2, 0.25) is 5.91 Å². The summed E-state index contributed by atoms with van der Waals surface area (Å²) in [5.74, 6) is 0.734. The quantitative estimate of drug-likeness (QED) is 0.607. The molecule has 11 heavy (non-hydrogen) atoms. The maximum absolute atomic E-state index is 10.9. The highest BCUT2D eigenvalue weighted by atomic mass is 16.1. The summed E-state index contributed by atoms with van der Waals surface area (Å²) in [5.41, 5.74) is 0. The number of rotatable bonds is 5. The zero-order valence-corrected chi connectivity index (χ0v) is 7.61. The van der Waals surface area contributed by atoms with E-state index in [1.54, 1.807) is 7.05 Å². The Morgan fingerprint density at radius 3 is 2.55 bits per heavy atom. The van der Waals surface area contributed by atoms with Crippen LogP contribution in [0.5, 0.6) is 0 Å². The second-order valence-electron chi connectivity index (χ2n) is 3.06. The molecule has 0 aliphatic rings. The molecule has 0 aliphatic heterocycles. The first kappa shape index (κ1) is 10.4. The van der Waals surface area contributed by atoms with Crippen LogP contribution in [-0.4, -0.2) is 26.0 Å². The van der Waals surface area contributed by atoms with Crippen LogP contribution in [0.2, 0.25) is 0 Å². The first-order valence-electron chi connectivity index (χ1n) is 4.08. The van der Waals surface area contributed by atoms with Crippen molar-refractivity contribution in [2.24, 2.45) is 5.92 Å². The predicted molar refractivity (Wildman–Crippen MR) is 46.4 cm³/mol. The van der Waals surface area contributed by atoms with Gasteiger partial charge in [0.1, 0.15) is 0 Å². The standard InChI is InChI=1S/C8H18N2O/c1-7(2)4-5-10-8(11)6-9-3/h7,9H,4-6H2,1-3H3,(H,10,11). The molecule has 0 saturated heterocycles. The number of carbonyl (C=O) groups excluding carboxylic acids is 1. The summed E-state index contributed by atoms with van der Waals surface area (Å²) in [5, 5.41) is 5.61. The lowest BCUT2D eigenvalue weighted by atomic mass is 10.1. The van der Waals surface area contributed by atoms with E-state index in [1.165, 1.54) is 0 Å². The lowest BCUT2D eigenvalue weighted by Crippen LogP contribution is -2.33. The van der Waals surface area contributed by atoms with Crippen LogP contribution in [0.1, 0.15) is 20.3 Å². The van der Waals surface area contributed by atoms with E-state index < -0.39 is 0 Å². The van der Waals surface area contributed by atoms with Crippen molar-refractivity contribution in [3.8, 4) is 0 Å². The van der Waals surface area contributed by atoms with E-state index in [-0.39, 0.29) is 5.91 Å². The van der Waals surface area contributed by atoms with Gasteiger partial charge in [-0.15, -0.1) is 0 Å². The fourth-order valence-corrected chi connectivity index (χ4v) is 0.723. The molecular formula is C8H18N2O. The van der Waals surface area contributed by atoms with Gasteiger partial charge in [0.15, 0.2) is 0 Å². The van der Waals surface area contributed by atoms with E-state index >= 15 is 0 Å². The summed E-state index contributed by atoms with van der Waals surface area (Å²) in [6, 6.07) is 0. The van der Waals surface area contributed by atoms with Gasteiger partial charge in [-0.25, -0.2) is 0 Å². The summed E-state index contributed by atoms with van der Waals surface area (Å²) in [4.78, 5) is 10.9. The van der Waals surface area contributed by atoms with Crippen molar-refractivity contribution >= 4 is 5.91 Å². The average Bonchev–Trinajstić information content (AvgIpc) is 1.87. The van der Waals surface area contributed by atoms with Gasteiger partial charge in [0, 0.05) is 6.54 Å². The molecule has 0 aromatic carbocycles. The van der Waals surface area contributed by atoms with E-state index in [0.29, 0.717) is 12.5 Å². The normalized spacial score (nSPS) is 10.2. The second-order valence-corrected chi connectivity index (χ2v) is 3.06. The molecule has 0 aliphatic carbocycles. The maximum atomic E-state index is 10.9. The molecule has 1 amide bonds. The molecule has 0 fully saturated rings. The smallest absolute Gasteiger partial charge is 0.233 e. The van der Waals surface area contributed by atoms with Gasteiger partial charge in [-0.2, -0.15) is 0 Å². The van der Waals surface area contributed by atoms with Crippen molar-refractivity contribution in [2.75, 3.05) is 20.1 Å². The Hall–Kier alpha value is -0.570. The van der Waals surface area contributed by atoms with Crippen LogP contribution >= 0.6 is 0 Å². The molecule has 0 unspecified atom stereocenters. The van der Waals surface area contributed by atoms with Gasteiger partial charge in [-0.1, -0.05) is 13.8 Å². The Kier molecular flexibility index (Phi) is 5.84. The minimum Gasteiger partial charge on any atom is -0.355 e. The monoisotopic (exact) mass is 158 g/mol. The van der Waals surface area contributed by atoms with Crippen molar-refractivity contribution in [2.45, 2.75) is 20.3 Å². The minimum absolute atomic E-state index is 0.0770. The van der Waals surface area contributed by atoms with Gasteiger partial charge in [-0.3, -0.25) is 4.79 Å². The summed E-state index contributed by atoms with van der Waals surface area (Å²) in [7, 11) is 1.77. The van der Waals surface area contributed by atoms with Crippen LogP contribution < -0.4 is 10.6 Å². The Morgan fingerprint density at radius 2 is 2.09 bits per heavy atom. The van der Waals surface area contributed by atoms with Crippen LogP contribution in [0, 0.1) is 5.92 Å². The lowest BCUT2D eigenvalue weighted by Gasteiger charge is -2.05. The molecule has 0 rings (SSSR count). The fraction of sp³-hybridized carbons (Fsp3) is 0.875. The second kappa shape index (κ2) is 6.16. The molecule has 0 atom stereocenters. The highest BCUT2D eigenvalue weighted by molar-refractivity contribution is 5.77.